The Morgan fingerprint density at radius 3 is 2.46 bits per heavy atom. The molecular weight excluding hydrogens is 468 g/mol. The van der Waals surface area contributed by atoms with Crippen LogP contribution in [0.2, 0.25) is 10.0 Å². The van der Waals surface area contributed by atoms with E-state index in [0.29, 0.717) is 15.7 Å². The van der Waals surface area contributed by atoms with E-state index in [1.165, 1.54) is 35.3 Å². The van der Waals surface area contributed by atoms with Gasteiger partial charge in [0.1, 0.15) is 10.7 Å². The number of nitrogens with zero attached hydrogens (tertiary/aromatic N) is 2. The van der Waals surface area contributed by atoms with E-state index in [0.717, 1.165) is 0 Å². The van der Waals surface area contributed by atoms with Crippen molar-refractivity contribution in [2.24, 2.45) is 0 Å². The van der Waals surface area contributed by atoms with Crippen molar-refractivity contribution in [2.75, 3.05) is 0 Å². The third-order valence-electron chi connectivity index (χ3n) is 3.49. The highest BCUT2D eigenvalue weighted by molar-refractivity contribution is 9.10. The molecule has 26 heavy (non-hydrogen) atoms. The number of hydrogen-bond acceptors (Lipinski definition) is 3. The number of aromatic nitrogens is 2. The lowest BCUT2D eigenvalue weighted by molar-refractivity contribution is 0.580. The van der Waals surface area contributed by atoms with Gasteiger partial charge in [-0.15, -0.1) is 0 Å². The smallest absolute Gasteiger partial charge is 0.243 e. The Bertz CT molecular complexity index is 1040. The summed E-state index contributed by atoms with van der Waals surface area (Å²) in [4.78, 5) is 3.64. The molecule has 1 aromatic heterocycles. The van der Waals surface area contributed by atoms with Crippen molar-refractivity contribution in [1.29, 1.82) is 0 Å². The molecule has 0 spiro atoms. The number of benzene rings is 2. The van der Waals surface area contributed by atoms with E-state index in [1.54, 1.807) is 18.3 Å². The van der Waals surface area contributed by atoms with E-state index in [4.69, 9.17) is 23.2 Å². The maximum Gasteiger partial charge on any atom is 0.243 e. The van der Waals surface area contributed by atoms with Crippen LogP contribution in [0.4, 0.5) is 4.39 Å². The van der Waals surface area contributed by atoms with Crippen molar-refractivity contribution in [3.63, 3.8) is 0 Å². The predicted octanol–water partition coefficient (Wildman–Crippen LogP) is 4.56. The molecule has 3 aromatic rings. The molecule has 0 saturated heterocycles. The van der Waals surface area contributed by atoms with Crippen LogP contribution >= 0.6 is 39.1 Å². The zero-order chi connectivity index (χ0) is 18.9. The molecule has 1 heterocycles. The SMILES string of the molecule is O=S(=O)(NCc1ccc(-n2ccnc2)c(F)c1)c1c(Cl)cc(Br)cc1Cl. The Morgan fingerprint density at radius 2 is 1.88 bits per heavy atom. The molecule has 0 aliphatic carbocycles. The van der Waals surface area contributed by atoms with Gasteiger partial charge in [0.25, 0.3) is 0 Å². The molecule has 3 rings (SSSR count). The molecule has 0 unspecified atom stereocenters. The normalized spacial score (nSPS) is 11.7. The van der Waals surface area contributed by atoms with Crippen molar-refractivity contribution in [2.45, 2.75) is 11.4 Å². The summed E-state index contributed by atoms with van der Waals surface area (Å²) in [6.45, 7) is -0.119. The fourth-order valence-electron chi connectivity index (χ4n) is 2.31. The van der Waals surface area contributed by atoms with Gasteiger partial charge in [0.05, 0.1) is 22.1 Å². The van der Waals surface area contributed by atoms with E-state index in [-0.39, 0.29) is 21.5 Å². The maximum absolute atomic E-state index is 14.3. The molecule has 0 radical (unpaired) electrons. The van der Waals surface area contributed by atoms with Crippen molar-refractivity contribution < 1.29 is 12.8 Å². The summed E-state index contributed by atoms with van der Waals surface area (Å²) in [7, 11) is -3.98. The number of hydrogen-bond donors (Lipinski definition) is 1. The molecule has 2 aromatic carbocycles. The van der Waals surface area contributed by atoms with Crippen LogP contribution in [0.5, 0.6) is 0 Å². The van der Waals surface area contributed by atoms with Crippen molar-refractivity contribution >= 4 is 49.2 Å². The fourth-order valence-corrected chi connectivity index (χ4v) is 5.26. The van der Waals surface area contributed by atoms with E-state index in [9.17, 15) is 12.8 Å². The molecule has 0 fully saturated rings. The van der Waals surface area contributed by atoms with Gasteiger partial charge in [0.2, 0.25) is 10.0 Å². The molecule has 0 bridgehead atoms. The lowest BCUT2D eigenvalue weighted by Gasteiger charge is -2.11. The molecule has 0 aliphatic rings. The lowest BCUT2D eigenvalue weighted by Crippen LogP contribution is -2.24. The predicted molar refractivity (Wildman–Crippen MR) is 102 cm³/mol. The van der Waals surface area contributed by atoms with Crippen molar-refractivity contribution in [1.82, 2.24) is 14.3 Å². The van der Waals surface area contributed by atoms with Gasteiger partial charge in [-0.05, 0) is 29.8 Å². The van der Waals surface area contributed by atoms with Gasteiger partial charge in [-0.1, -0.05) is 45.2 Å². The molecule has 1 N–H and O–H groups in total. The summed E-state index contributed by atoms with van der Waals surface area (Å²) >= 11 is 15.2. The summed E-state index contributed by atoms with van der Waals surface area (Å²) in [5, 5.41) is -0.0305. The fraction of sp³-hybridized carbons (Fsp3) is 0.0625. The zero-order valence-electron chi connectivity index (χ0n) is 13.0. The minimum Gasteiger partial charge on any atom is -0.303 e. The first-order valence-corrected chi connectivity index (χ1v) is 10.2. The zero-order valence-corrected chi connectivity index (χ0v) is 16.9. The molecule has 0 amide bonds. The van der Waals surface area contributed by atoms with Crippen LogP contribution in [-0.4, -0.2) is 18.0 Å². The maximum atomic E-state index is 14.3. The van der Waals surface area contributed by atoms with Gasteiger partial charge in [-0.2, -0.15) is 0 Å². The van der Waals surface area contributed by atoms with Gasteiger partial charge in [0, 0.05) is 23.4 Å². The topological polar surface area (TPSA) is 64.0 Å². The third-order valence-corrected chi connectivity index (χ3v) is 6.27. The van der Waals surface area contributed by atoms with Gasteiger partial charge >= 0.3 is 0 Å². The number of sulfonamides is 1. The van der Waals surface area contributed by atoms with Crippen LogP contribution in [0.15, 0.2) is 58.4 Å². The second kappa shape index (κ2) is 7.66. The minimum atomic E-state index is -3.98. The molecule has 10 heteroatoms. The molecule has 5 nitrogen and oxygen atoms in total. The third kappa shape index (κ3) is 4.10. The highest BCUT2D eigenvalue weighted by Crippen LogP contribution is 2.32. The number of halogens is 4. The van der Waals surface area contributed by atoms with Crippen molar-refractivity contribution in [3.05, 3.63) is 75.0 Å². The Kier molecular flexibility index (Phi) is 5.69. The van der Waals surface area contributed by atoms with E-state index in [2.05, 4.69) is 25.6 Å². The van der Waals surface area contributed by atoms with Crippen LogP contribution in [0.1, 0.15) is 5.56 Å². The number of nitrogens with one attached hydrogen (secondary N) is 1. The van der Waals surface area contributed by atoms with Crippen LogP contribution in [0, 0.1) is 5.82 Å². The van der Waals surface area contributed by atoms with Gasteiger partial charge in [-0.25, -0.2) is 22.5 Å². The van der Waals surface area contributed by atoms with Crippen LogP contribution in [-0.2, 0) is 16.6 Å². The Labute approximate surface area is 167 Å². The summed E-state index contributed by atoms with van der Waals surface area (Å²) < 4.78 is 43.7. The highest BCUT2D eigenvalue weighted by atomic mass is 79.9. The average Bonchev–Trinajstić information content (AvgIpc) is 3.06. The molecular formula is C16H11BrCl2FN3O2S. The Balaban J connectivity index is 1.82. The Morgan fingerprint density at radius 1 is 1.19 bits per heavy atom. The Hall–Kier alpha value is -1.45. The first kappa shape index (κ1) is 19.3. The van der Waals surface area contributed by atoms with Crippen LogP contribution in [0.3, 0.4) is 0 Å². The van der Waals surface area contributed by atoms with E-state index >= 15 is 0 Å². The molecule has 0 atom stereocenters. The number of imidazole rings is 1. The molecule has 0 aliphatic heterocycles. The standard InChI is InChI=1S/C16H11BrCl2FN3O2S/c17-11-6-12(18)16(13(19)7-11)26(24,25)22-8-10-1-2-15(14(20)5-10)23-4-3-21-9-23/h1-7,9,22H,8H2. The molecule has 0 saturated carbocycles. The molecule has 136 valence electrons. The summed E-state index contributed by atoms with van der Waals surface area (Å²) in [6.07, 6.45) is 4.61. The highest BCUT2D eigenvalue weighted by Gasteiger charge is 2.22. The average molecular weight is 479 g/mol. The monoisotopic (exact) mass is 477 g/mol. The lowest BCUT2D eigenvalue weighted by atomic mass is 10.2. The first-order valence-electron chi connectivity index (χ1n) is 7.19. The largest absolute Gasteiger partial charge is 0.303 e. The second-order valence-electron chi connectivity index (χ2n) is 5.28. The quantitative estimate of drug-likeness (QED) is 0.584. The minimum absolute atomic E-state index is 0.0153. The summed E-state index contributed by atoms with van der Waals surface area (Å²) in [5.74, 6) is -0.501. The van der Waals surface area contributed by atoms with Crippen LogP contribution in [0.25, 0.3) is 5.69 Å². The van der Waals surface area contributed by atoms with Crippen LogP contribution < -0.4 is 4.72 Å². The summed E-state index contributed by atoms with van der Waals surface area (Å²) in [6, 6.07) is 7.28. The van der Waals surface area contributed by atoms with Crippen molar-refractivity contribution in [3.8, 4) is 5.69 Å². The van der Waals surface area contributed by atoms with Gasteiger partial charge in [-0.3, -0.25) is 0 Å². The second-order valence-corrected chi connectivity index (χ2v) is 8.71. The van der Waals surface area contributed by atoms with E-state index < -0.39 is 15.8 Å². The van der Waals surface area contributed by atoms with Gasteiger partial charge in [0.15, 0.2) is 0 Å². The first-order chi connectivity index (χ1) is 12.3. The van der Waals surface area contributed by atoms with Gasteiger partial charge < -0.3 is 4.57 Å². The summed E-state index contributed by atoms with van der Waals surface area (Å²) in [5.41, 5.74) is 0.757. The number of rotatable bonds is 5. The van der Waals surface area contributed by atoms with E-state index in [1.807, 2.05) is 0 Å².